The van der Waals surface area contributed by atoms with Crippen LogP contribution < -0.4 is 0 Å². The Hall–Kier alpha value is -2.76. The lowest BCUT2D eigenvalue weighted by atomic mass is 10.1. The number of benzene rings is 1. The molecule has 2 heterocycles. The minimum atomic E-state index is -1.10. The highest BCUT2D eigenvalue weighted by Gasteiger charge is 2.13. The first-order valence-electron chi connectivity index (χ1n) is 5.48. The predicted molar refractivity (Wildman–Crippen MR) is 65.3 cm³/mol. The van der Waals surface area contributed by atoms with Crippen molar-refractivity contribution in [2.45, 2.75) is 0 Å². The maximum atomic E-state index is 13.2. The molecule has 0 amide bonds. The maximum absolute atomic E-state index is 13.2. The molecular formula is C13H8FN3O2. The molecule has 0 unspecified atom stereocenters. The van der Waals surface area contributed by atoms with Crippen molar-refractivity contribution in [1.82, 2.24) is 14.6 Å². The van der Waals surface area contributed by atoms with Crippen molar-refractivity contribution in [3.63, 3.8) is 0 Å². The van der Waals surface area contributed by atoms with E-state index in [0.29, 0.717) is 11.1 Å². The van der Waals surface area contributed by atoms with Gasteiger partial charge < -0.3 is 5.11 Å². The van der Waals surface area contributed by atoms with Gasteiger partial charge in [-0.05, 0) is 23.8 Å². The van der Waals surface area contributed by atoms with E-state index in [0.717, 1.165) is 0 Å². The minimum Gasteiger partial charge on any atom is -0.478 e. The maximum Gasteiger partial charge on any atom is 0.339 e. The Bertz CT molecular complexity index is 782. The van der Waals surface area contributed by atoms with Gasteiger partial charge in [0.2, 0.25) is 0 Å². The molecule has 0 spiro atoms. The fourth-order valence-electron chi connectivity index (χ4n) is 1.91. The van der Waals surface area contributed by atoms with Gasteiger partial charge in [-0.3, -0.25) is 0 Å². The van der Waals surface area contributed by atoms with E-state index in [1.54, 1.807) is 18.3 Å². The fourth-order valence-corrected chi connectivity index (χ4v) is 1.91. The number of aromatic nitrogens is 3. The van der Waals surface area contributed by atoms with Crippen molar-refractivity contribution in [1.29, 1.82) is 0 Å². The second-order valence-corrected chi connectivity index (χ2v) is 3.99. The van der Waals surface area contributed by atoms with Crippen LogP contribution in [0.5, 0.6) is 0 Å². The molecular weight excluding hydrogens is 249 g/mol. The summed E-state index contributed by atoms with van der Waals surface area (Å²) >= 11 is 0. The molecule has 0 aliphatic heterocycles. The summed E-state index contributed by atoms with van der Waals surface area (Å²) in [5, 5.41) is 13.1. The molecule has 0 radical (unpaired) electrons. The third-order valence-electron chi connectivity index (χ3n) is 2.76. The number of carboxylic acids is 1. The van der Waals surface area contributed by atoms with Crippen LogP contribution in [0.1, 0.15) is 10.4 Å². The standard InChI is InChI=1S/C13H8FN3O2/c14-10-3-1-2-8(4-10)9-5-11(13(18)19)12-15-7-16-17(12)6-9/h1-7H,(H,18,19). The van der Waals surface area contributed by atoms with Crippen molar-refractivity contribution < 1.29 is 14.3 Å². The number of carboxylic acid groups (broad SMARTS) is 1. The Labute approximate surface area is 107 Å². The van der Waals surface area contributed by atoms with Crippen molar-refractivity contribution in [2.75, 3.05) is 0 Å². The molecule has 1 aromatic carbocycles. The van der Waals surface area contributed by atoms with Gasteiger partial charge in [-0.15, -0.1) is 0 Å². The van der Waals surface area contributed by atoms with E-state index in [9.17, 15) is 14.3 Å². The lowest BCUT2D eigenvalue weighted by Crippen LogP contribution is -2.02. The SMILES string of the molecule is O=C(O)c1cc(-c2cccc(F)c2)cn2ncnc12. The molecule has 2 aromatic heterocycles. The van der Waals surface area contributed by atoms with E-state index in [1.807, 2.05) is 0 Å². The first-order valence-corrected chi connectivity index (χ1v) is 5.48. The zero-order valence-electron chi connectivity index (χ0n) is 9.62. The van der Waals surface area contributed by atoms with E-state index in [-0.39, 0.29) is 17.0 Å². The summed E-state index contributed by atoms with van der Waals surface area (Å²) in [4.78, 5) is 15.1. The number of hydrogen-bond donors (Lipinski definition) is 1. The van der Waals surface area contributed by atoms with E-state index < -0.39 is 5.97 Å². The Morgan fingerprint density at radius 3 is 2.84 bits per heavy atom. The number of carbonyl (C=O) groups is 1. The first kappa shape index (κ1) is 11.3. The molecule has 0 saturated carbocycles. The molecule has 6 heteroatoms. The molecule has 94 valence electrons. The van der Waals surface area contributed by atoms with Gasteiger partial charge in [-0.2, -0.15) is 5.10 Å². The topological polar surface area (TPSA) is 67.5 Å². The molecule has 0 atom stereocenters. The van der Waals surface area contributed by atoms with Crippen LogP contribution in [0.3, 0.4) is 0 Å². The van der Waals surface area contributed by atoms with Gasteiger partial charge >= 0.3 is 5.97 Å². The van der Waals surface area contributed by atoms with Crippen LogP contribution in [0, 0.1) is 5.82 Å². The summed E-state index contributed by atoms with van der Waals surface area (Å²) in [5.74, 6) is -1.48. The molecule has 5 nitrogen and oxygen atoms in total. The van der Waals surface area contributed by atoms with E-state index in [1.165, 1.54) is 29.0 Å². The van der Waals surface area contributed by atoms with Gasteiger partial charge in [-0.1, -0.05) is 12.1 Å². The number of aromatic carboxylic acids is 1. The smallest absolute Gasteiger partial charge is 0.339 e. The number of hydrogen-bond acceptors (Lipinski definition) is 3. The van der Waals surface area contributed by atoms with Crippen LogP contribution >= 0.6 is 0 Å². The molecule has 0 bridgehead atoms. The van der Waals surface area contributed by atoms with Crippen molar-refractivity contribution in [2.24, 2.45) is 0 Å². The van der Waals surface area contributed by atoms with Gasteiger partial charge in [0.15, 0.2) is 5.65 Å². The Morgan fingerprint density at radius 2 is 2.11 bits per heavy atom. The second-order valence-electron chi connectivity index (χ2n) is 3.99. The van der Waals surface area contributed by atoms with Gasteiger partial charge in [0.25, 0.3) is 0 Å². The summed E-state index contributed by atoms with van der Waals surface area (Å²) in [6.45, 7) is 0. The lowest BCUT2D eigenvalue weighted by Gasteiger charge is -2.05. The number of rotatable bonds is 2. The van der Waals surface area contributed by atoms with E-state index >= 15 is 0 Å². The Morgan fingerprint density at radius 1 is 1.26 bits per heavy atom. The second kappa shape index (κ2) is 4.16. The molecule has 19 heavy (non-hydrogen) atoms. The van der Waals surface area contributed by atoms with E-state index in [2.05, 4.69) is 10.1 Å². The zero-order valence-corrected chi connectivity index (χ0v) is 9.62. The highest BCUT2D eigenvalue weighted by atomic mass is 19.1. The van der Waals surface area contributed by atoms with Gasteiger partial charge in [0, 0.05) is 11.8 Å². The third kappa shape index (κ3) is 1.93. The summed E-state index contributed by atoms with van der Waals surface area (Å²) in [6.07, 6.45) is 2.89. The van der Waals surface area contributed by atoms with Crippen molar-refractivity contribution in [3.05, 3.63) is 54.2 Å². The number of pyridine rings is 1. The van der Waals surface area contributed by atoms with Gasteiger partial charge in [-0.25, -0.2) is 18.7 Å². The summed E-state index contributed by atoms with van der Waals surface area (Å²) < 4.78 is 14.6. The largest absolute Gasteiger partial charge is 0.478 e. The highest BCUT2D eigenvalue weighted by molar-refractivity contribution is 5.95. The quantitative estimate of drug-likeness (QED) is 0.764. The molecule has 1 N–H and O–H groups in total. The van der Waals surface area contributed by atoms with Crippen molar-refractivity contribution in [3.8, 4) is 11.1 Å². The monoisotopic (exact) mass is 257 g/mol. The van der Waals surface area contributed by atoms with E-state index in [4.69, 9.17) is 0 Å². The molecule has 3 aromatic rings. The third-order valence-corrected chi connectivity index (χ3v) is 2.76. The number of nitrogens with zero attached hydrogens (tertiary/aromatic N) is 3. The number of fused-ring (bicyclic) bond motifs is 1. The van der Waals surface area contributed by atoms with Crippen LogP contribution in [-0.4, -0.2) is 25.7 Å². The fraction of sp³-hybridized carbons (Fsp3) is 0. The summed E-state index contributed by atoms with van der Waals surface area (Å²) in [7, 11) is 0. The molecule has 0 aliphatic rings. The van der Waals surface area contributed by atoms with Gasteiger partial charge in [0.1, 0.15) is 17.7 Å². The number of halogens is 1. The molecule has 0 aliphatic carbocycles. The molecule has 0 fully saturated rings. The van der Waals surface area contributed by atoms with Crippen LogP contribution in [0.2, 0.25) is 0 Å². The van der Waals surface area contributed by atoms with Crippen LogP contribution in [0.15, 0.2) is 42.9 Å². The first-order chi connectivity index (χ1) is 9.15. The van der Waals surface area contributed by atoms with Crippen molar-refractivity contribution >= 4 is 11.6 Å². The van der Waals surface area contributed by atoms with Crippen LogP contribution in [0.4, 0.5) is 4.39 Å². The Balaban J connectivity index is 2.27. The normalized spacial score (nSPS) is 10.8. The minimum absolute atomic E-state index is 0.0271. The van der Waals surface area contributed by atoms with Crippen LogP contribution in [-0.2, 0) is 0 Å². The molecule has 0 saturated heterocycles. The summed E-state index contributed by atoms with van der Waals surface area (Å²) in [6, 6.07) is 7.39. The zero-order chi connectivity index (χ0) is 13.4. The lowest BCUT2D eigenvalue weighted by molar-refractivity contribution is 0.0698. The average Bonchev–Trinajstić information content (AvgIpc) is 2.85. The molecule has 3 rings (SSSR count). The average molecular weight is 257 g/mol. The highest BCUT2D eigenvalue weighted by Crippen LogP contribution is 2.22. The van der Waals surface area contributed by atoms with Crippen LogP contribution in [0.25, 0.3) is 16.8 Å². The Kier molecular flexibility index (Phi) is 2.49. The predicted octanol–water partition coefficient (Wildman–Crippen LogP) is 2.23. The summed E-state index contributed by atoms with van der Waals surface area (Å²) in [5.41, 5.74) is 1.43. The van der Waals surface area contributed by atoms with Gasteiger partial charge in [0.05, 0.1) is 0 Å².